The van der Waals surface area contributed by atoms with Gasteiger partial charge in [-0.05, 0) is 62.1 Å². The molecule has 4 rings (SSSR count). The van der Waals surface area contributed by atoms with Crippen LogP contribution in [0.5, 0.6) is 0 Å². The van der Waals surface area contributed by atoms with E-state index in [1.165, 1.54) is 0 Å². The lowest BCUT2D eigenvalue weighted by molar-refractivity contribution is 0.102. The number of aromatic nitrogens is 3. The fraction of sp³-hybridized carbons (Fsp3) is 0.360. The van der Waals surface area contributed by atoms with Gasteiger partial charge in [0.05, 0.1) is 17.4 Å². The van der Waals surface area contributed by atoms with Crippen molar-refractivity contribution >= 4 is 23.2 Å². The minimum absolute atomic E-state index is 0.163. The van der Waals surface area contributed by atoms with Gasteiger partial charge < -0.3 is 15.5 Å². The molecule has 0 aliphatic carbocycles. The van der Waals surface area contributed by atoms with E-state index >= 15 is 0 Å². The summed E-state index contributed by atoms with van der Waals surface area (Å²) in [7, 11) is 0. The van der Waals surface area contributed by atoms with Gasteiger partial charge in [0.1, 0.15) is 11.6 Å². The van der Waals surface area contributed by atoms with E-state index in [1.807, 2.05) is 49.4 Å². The van der Waals surface area contributed by atoms with Crippen molar-refractivity contribution in [2.45, 2.75) is 33.1 Å². The Labute approximate surface area is 189 Å². The van der Waals surface area contributed by atoms with Gasteiger partial charge in [0.2, 0.25) is 0 Å². The molecule has 4 heterocycles. The molecule has 1 amide bonds. The van der Waals surface area contributed by atoms with Crippen molar-refractivity contribution in [1.82, 2.24) is 15.0 Å². The molecule has 3 aromatic rings. The van der Waals surface area contributed by atoms with Crippen LogP contribution >= 0.6 is 0 Å². The molecule has 1 fully saturated rings. The van der Waals surface area contributed by atoms with Crippen LogP contribution in [-0.4, -0.2) is 40.5 Å². The van der Waals surface area contributed by atoms with Crippen molar-refractivity contribution in [1.29, 1.82) is 0 Å². The van der Waals surface area contributed by atoms with Crippen LogP contribution in [0.4, 0.5) is 17.3 Å². The van der Waals surface area contributed by atoms with E-state index in [4.69, 9.17) is 4.98 Å². The van der Waals surface area contributed by atoms with E-state index in [-0.39, 0.29) is 5.91 Å². The molecule has 0 saturated carbocycles. The minimum Gasteiger partial charge on any atom is -0.370 e. The Morgan fingerprint density at radius 1 is 1.09 bits per heavy atom. The van der Waals surface area contributed by atoms with Crippen LogP contribution < -0.4 is 15.5 Å². The number of piperidine rings is 1. The normalized spacial score (nSPS) is 14.2. The second-order valence-electron chi connectivity index (χ2n) is 8.38. The van der Waals surface area contributed by atoms with Crippen molar-refractivity contribution in [2.24, 2.45) is 5.92 Å². The van der Waals surface area contributed by atoms with Crippen molar-refractivity contribution in [3.05, 3.63) is 71.8 Å². The summed E-state index contributed by atoms with van der Waals surface area (Å²) in [6.07, 6.45) is 6.53. The molecule has 7 nitrogen and oxygen atoms in total. The van der Waals surface area contributed by atoms with Crippen LogP contribution in [0, 0.1) is 12.8 Å². The van der Waals surface area contributed by atoms with Crippen molar-refractivity contribution in [3.63, 3.8) is 0 Å². The van der Waals surface area contributed by atoms with E-state index in [2.05, 4.69) is 32.4 Å². The maximum Gasteiger partial charge on any atom is 0.259 e. The van der Waals surface area contributed by atoms with Crippen molar-refractivity contribution in [3.8, 4) is 0 Å². The Morgan fingerprint density at radius 2 is 1.94 bits per heavy atom. The fourth-order valence-electron chi connectivity index (χ4n) is 3.82. The van der Waals surface area contributed by atoms with Crippen molar-refractivity contribution < 1.29 is 4.79 Å². The summed E-state index contributed by atoms with van der Waals surface area (Å²) < 4.78 is 0. The molecular formula is C25H30N6O. The van der Waals surface area contributed by atoms with Crippen molar-refractivity contribution in [2.75, 3.05) is 35.2 Å². The predicted octanol–water partition coefficient (Wildman–Crippen LogP) is 4.32. The lowest BCUT2D eigenvalue weighted by Gasteiger charge is -2.32. The van der Waals surface area contributed by atoms with Gasteiger partial charge in [-0.1, -0.05) is 13.0 Å². The van der Waals surface area contributed by atoms with Crippen LogP contribution in [0.25, 0.3) is 0 Å². The first-order chi connectivity index (χ1) is 15.6. The van der Waals surface area contributed by atoms with Crippen LogP contribution in [0.2, 0.25) is 0 Å². The highest BCUT2D eigenvalue weighted by Gasteiger charge is 2.22. The van der Waals surface area contributed by atoms with Gasteiger partial charge in [0, 0.05) is 43.6 Å². The molecule has 166 valence electrons. The summed E-state index contributed by atoms with van der Waals surface area (Å²) >= 11 is 0. The van der Waals surface area contributed by atoms with Gasteiger partial charge in [-0.2, -0.15) is 0 Å². The quantitative estimate of drug-likeness (QED) is 0.581. The number of carbonyl (C=O) groups excluding carboxylic acids is 1. The molecule has 32 heavy (non-hydrogen) atoms. The van der Waals surface area contributed by atoms with Crippen LogP contribution in [0.3, 0.4) is 0 Å². The van der Waals surface area contributed by atoms with E-state index in [0.29, 0.717) is 11.3 Å². The lowest BCUT2D eigenvalue weighted by Crippen LogP contribution is -2.35. The number of anilines is 3. The molecule has 0 bridgehead atoms. The number of amides is 1. The number of rotatable bonds is 7. The van der Waals surface area contributed by atoms with Gasteiger partial charge in [-0.3, -0.25) is 9.78 Å². The number of hydrogen-bond donors (Lipinski definition) is 2. The zero-order valence-electron chi connectivity index (χ0n) is 18.7. The summed E-state index contributed by atoms with van der Waals surface area (Å²) in [4.78, 5) is 28.7. The van der Waals surface area contributed by atoms with E-state index < -0.39 is 0 Å². The molecule has 2 N–H and O–H groups in total. The smallest absolute Gasteiger partial charge is 0.259 e. The Morgan fingerprint density at radius 3 is 2.66 bits per heavy atom. The maximum absolute atomic E-state index is 13.0. The molecule has 0 unspecified atom stereocenters. The molecule has 7 heteroatoms. The van der Waals surface area contributed by atoms with E-state index in [0.717, 1.165) is 67.8 Å². The zero-order chi connectivity index (χ0) is 22.3. The number of pyridine rings is 3. The van der Waals surface area contributed by atoms with Gasteiger partial charge in [-0.25, -0.2) is 9.97 Å². The van der Waals surface area contributed by atoms with Gasteiger partial charge in [-0.15, -0.1) is 0 Å². The molecule has 3 aromatic heterocycles. The summed E-state index contributed by atoms with van der Waals surface area (Å²) in [5, 5.41) is 6.26. The number of carbonyl (C=O) groups is 1. The van der Waals surface area contributed by atoms with Crippen LogP contribution in [0.1, 0.15) is 41.5 Å². The number of hydrogen-bond acceptors (Lipinski definition) is 6. The predicted molar refractivity (Wildman–Crippen MR) is 128 cm³/mol. The highest BCUT2D eigenvalue weighted by atomic mass is 16.1. The average molecular weight is 431 g/mol. The molecule has 0 spiro atoms. The molecule has 1 aliphatic heterocycles. The fourth-order valence-corrected chi connectivity index (χ4v) is 3.82. The highest BCUT2D eigenvalue weighted by Crippen LogP contribution is 2.26. The Hall–Kier alpha value is -3.48. The molecule has 1 saturated heterocycles. The molecule has 0 radical (unpaired) electrons. The zero-order valence-corrected chi connectivity index (χ0v) is 18.7. The summed E-state index contributed by atoms with van der Waals surface area (Å²) in [5.74, 6) is 2.09. The molecule has 0 atom stereocenters. The Bertz CT molecular complexity index is 1030. The third-order valence-electron chi connectivity index (χ3n) is 5.78. The molecule has 1 aliphatic rings. The first-order valence-corrected chi connectivity index (χ1v) is 11.2. The summed E-state index contributed by atoms with van der Waals surface area (Å²) in [6, 6.07) is 13.4. The van der Waals surface area contributed by atoms with E-state index in [1.54, 1.807) is 12.4 Å². The van der Waals surface area contributed by atoms with Gasteiger partial charge >= 0.3 is 0 Å². The monoisotopic (exact) mass is 430 g/mol. The second kappa shape index (κ2) is 10.2. The number of nitrogens with zero attached hydrogens (tertiary/aromatic N) is 4. The third-order valence-corrected chi connectivity index (χ3v) is 5.78. The molecular weight excluding hydrogens is 400 g/mol. The SMILES string of the molecule is Cc1ccc(C(=O)Nc2ccc(NCCc3ccccn3)nc2)c(N2CCC(C)CC2)n1. The Kier molecular flexibility index (Phi) is 6.94. The topological polar surface area (TPSA) is 83.0 Å². The summed E-state index contributed by atoms with van der Waals surface area (Å²) in [6.45, 7) is 6.83. The summed E-state index contributed by atoms with van der Waals surface area (Å²) in [5.41, 5.74) is 3.21. The largest absolute Gasteiger partial charge is 0.370 e. The first-order valence-electron chi connectivity index (χ1n) is 11.2. The van der Waals surface area contributed by atoms with E-state index in [9.17, 15) is 4.79 Å². The minimum atomic E-state index is -0.163. The number of nitrogens with one attached hydrogen (secondary N) is 2. The van der Waals surface area contributed by atoms with Crippen LogP contribution in [0.15, 0.2) is 54.9 Å². The first kappa shape index (κ1) is 21.7. The molecule has 0 aromatic carbocycles. The third kappa shape index (κ3) is 5.60. The van der Waals surface area contributed by atoms with Crippen LogP contribution in [-0.2, 0) is 6.42 Å². The number of aryl methyl sites for hydroxylation is 1. The van der Waals surface area contributed by atoms with Gasteiger partial charge in [0.15, 0.2) is 0 Å². The standard InChI is InChI=1S/C25H30N6O/c1-18-11-15-31(16-12-18)24-22(8-6-19(2)29-24)25(32)30-21-7-9-23(28-17-21)27-14-10-20-5-3-4-13-26-20/h3-9,13,17-18H,10-12,14-16H2,1-2H3,(H,27,28)(H,30,32). The average Bonchev–Trinajstić information content (AvgIpc) is 2.81. The Balaban J connectivity index is 1.37. The van der Waals surface area contributed by atoms with Gasteiger partial charge in [0.25, 0.3) is 5.91 Å². The lowest BCUT2D eigenvalue weighted by atomic mass is 9.99. The maximum atomic E-state index is 13.0. The second-order valence-corrected chi connectivity index (χ2v) is 8.38. The highest BCUT2D eigenvalue weighted by molar-refractivity contribution is 6.07.